The zero-order valence-electron chi connectivity index (χ0n) is 12.7. The number of primary amides is 1. The van der Waals surface area contributed by atoms with Crippen LogP contribution in [-0.4, -0.2) is 28.9 Å². The van der Waals surface area contributed by atoms with E-state index < -0.39 is 11.7 Å². The van der Waals surface area contributed by atoms with Crippen molar-refractivity contribution in [3.8, 4) is 11.6 Å². The minimum absolute atomic E-state index is 0.106. The van der Waals surface area contributed by atoms with Gasteiger partial charge in [0.05, 0.1) is 5.56 Å². The third kappa shape index (κ3) is 3.84. The molecule has 1 aliphatic rings. The zero-order valence-corrected chi connectivity index (χ0v) is 12.7. The molecule has 0 atom stereocenters. The number of aromatic nitrogens is 1. The topological polar surface area (TPSA) is 68.5 Å². The van der Waals surface area contributed by atoms with E-state index >= 15 is 0 Å². The van der Waals surface area contributed by atoms with Crippen molar-refractivity contribution < 1.29 is 13.9 Å². The Morgan fingerprint density at radius 3 is 2.65 bits per heavy atom. The molecule has 0 bridgehead atoms. The maximum atomic E-state index is 14.2. The van der Waals surface area contributed by atoms with Gasteiger partial charge in [0.1, 0.15) is 0 Å². The number of carbonyl (C=O) groups excluding carboxylic acids is 1. The molecule has 1 amide bonds. The first-order valence-electron chi connectivity index (χ1n) is 7.56. The second kappa shape index (κ2) is 6.75. The number of rotatable bonds is 5. The molecule has 1 aromatic heterocycles. The first-order chi connectivity index (χ1) is 11.1. The number of likely N-dealkylation sites (tertiary alicyclic amines) is 1. The first kappa shape index (κ1) is 15.4. The lowest BCUT2D eigenvalue weighted by molar-refractivity contribution is 0.1000. The molecule has 1 aliphatic heterocycles. The summed E-state index contributed by atoms with van der Waals surface area (Å²) in [6.45, 7) is 2.88. The zero-order chi connectivity index (χ0) is 16.2. The molecule has 0 radical (unpaired) electrons. The van der Waals surface area contributed by atoms with E-state index in [0.29, 0.717) is 0 Å². The predicted molar refractivity (Wildman–Crippen MR) is 83.7 cm³/mol. The van der Waals surface area contributed by atoms with Crippen LogP contribution in [0.25, 0.3) is 0 Å². The van der Waals surface area contributed by atoms with Crippen LogP contribution in [0.3, 0.4) is 0 Å². The molecule has 1 saturated heterocycles. The molecular formula is C17H18FN3O2. The number of carbonyl (C=O) groups is 1. The summed E-state index contributed by atoms with van der Waals surface area (Å²) >= 11 is 0. The largest absolute Gasteiger partial charge is 0.436 e. The summed E-state index contributed by atoms with van der Waals surface area (Å²) in [5, 5.41) is 0. The van der Waals surface area contributed by atoms with E-state index in [-0.39, 0.29) is 17.2 Å². The number of hydrogen-bond donors (Lipinski definition) is 1. The van der Waals surface area contributed by atoms with Crippen LogP contribution in [0, 0.1) is 5.82 Å². The Kier molecular flexibility index (Phi) is 4.52. The molecule has 5 nitrogen and oxygen atoms in total. The smallest absolute Gasteiger partial charge is 0.250 e. The van der Waals surface area contributed by atoms with Crippen LogP contribution in [0.15, 0.2) is 36.5 Å². The summed E-state index contributed by atoms with van der Waals surface area (Å²) in [6.07, 6.45) is 3.71. The van der Waals surface area contributed by atoms with Gasteiger partial charge in [-0.1, -0.05) is 6.07 Å². The van der Waals surface area contributed by atoms with Crippen molar-refractivity contribution in [2.45, 2.75) is 19.4 Å². The number of nitrogens with zero attached hydrogens (tertiary/aromatic N) is 2. The van der Waals surface area contributed by atoms with Crippen molar-refractivity contribution in [1.82, 2.24) is 9.88 Å². The Hall–Kier alpha value is -2.47. The van der Waals surface area contributed by atoms with Gasteiger partial charge in [-0.05, 0) is 49.7 Å². The van der Waals surface area contributed by atoms with Gasteiger partial charge < -0.3 is 10.5 Å². The summed E-state index contributed by atoms with van der Waals surface area (Å²) in [7, 11) is 0. The highest BCUT2D eigenvalue weighted by Crippen LogP contribution is 2.25. The molecule has 23 heavy (non-hydrogen) atoms. The van der Waals surface area contributed by atoms with Gasteiger partial charge in [0.15, 0.2) is 11.6 Å². The third-order valence-electron chi connectivity index (χ3n) is 3.84. The van der Waals surface area contributed by atoms with E-state index in [1.165, 1.54) is 37.2 Å². The van der Waals surface area contributed by atoms with Crippen LogP contribution >= 0.6 is 0 Å². The van der Waals surface area contributed by atoms with E-state index in [4.69, 9.17) is 10.5 Å². The van der Waals surface area contributed by atoms with Crippen LogP contribution in [0.5, 0.6) is 11.6 Å². The molecule has 2 aromatic rings. The van der Waals surface area contributed by atoms with Crippen molar-refractivity contribution in [2.75, 3.05) is 13.1 Å². The van der Waals surface area contributed by atoms with Gasteiger partial charge in [0, 0.05) is 18.8 Å². The van der Waals surface area contributed by atoms with E-state index in [1.807, 2.05) is 6.07 Å². The molecule has 2 N–H and O–H groups in total. The number of pyridine rings is 1. The summed E-state index contributed by atoms with van der Waals surface area (Å²) in [6, 6.07) is 7.92. The fraction of sp³-hybridized carbons (Fsp3) is 0.294. The molecule has 0 aliphatic carbocycles. The van der Waals surface area contributed by atoms with Gasteiger partial charge in [-0.3, -0.25) is 9.69 Å². The van der Waals surface area contributed by atoms with Gasteiger partial charge in [-0.2, -0.15) is 0 Å². The second-order valence-electron chi connectivity index (χ2n) is 5.60. The Balaban J connectivity index is 1.69. The normalized spacial score (nSPS) is 14.8. The highest BCUT2D eigenvalue weighted by molar-refractivity contribution is 5.92. The molecule has 6 heteroatoms. The van der Waals surface area contributed by atoms with E-state index in [0.717, 1.165) is 25.2 Å². The molecule has 0 unspecified atom stereocenters. The average molecular weight is 315 g/mol. The minimum Gasteiger partial charge on any atom is -0.436 e. The third-order valence-corrected chi connectivity index (χ3v) is 3.84. The van der Waals surface area contributed by atoms with Crippen molar-refractivity contribution in [2.24, 2.45) is 5.73 Å². The summed E-state index contributed by atoms with van der Waals surface area (Å²) in [5.74, 6) is -0.681. The fourth-order valence-electron chi connectivity index (χ4n) is 2.62. The molecule has 1 fully saturated rings. The minimum atomic E-state index is -0.568. The Morgan fingerprint density at radius 1 is 1.26 bits per heavy atom. The number of nitrogens with two attached hydrogens (primary N) is 1. The molecule has 0 saturated carbocycles. The van der Waals surface area contributed by atoms with E-state index in [9.17, 15) is 9.18 Å². The summed E-state index contributed by atoms with van der Waals surface area (Å²) < 4.78 is 19.6. The van der Waals surface area contributed by atoms with Crippen LogP contribution in [-0.2, 0) is 6.54 Å². The number of ether oxygens (including phenoxy) is 1. The van der Waals surface area contributed by atoms with E-state index in [2.05, 4.69) is 9.88 Å². The fourth-order valence-corrected chi connectivity index (χ4v) is 2.62. The summed E-state index contributed by atoms with van der Waals surface area (Å²) in [5.41, 5.74) is 6.34. The van der Waals surface area contributed by atoms with Gasteiger partial charge in [-0.25, -0.2) is 9.37 Å². The maximum absolute atomic E-state index is 14.2. The van der Waals surface area contributed by atoms with Crippen LogP contribution in [0.2, 0.25) is 0 Å². The highest BCUT2D eigenvalue weighted by atomic mass is 19.1. The van der Waals surface area contributed by atoms with Gasteiger partial charge in [-0.15, -0.1) is 0 Å². The van der Waals surface area contributed by atoms with Crippen LogP contribution in [0.1, 0.15) is 28.8 Å². The van der Waals surface area contributed by atoms with Gasteiger partial charge >= 0.3 is 0 Å². The number of benzene rings is 1. The standard InChI is InChI=1S/C17H18FN3O2/c18-14-9-12(11-21-7-1-2-8-21)3-5-15(14)23-16-6-4-13(10-20-16)17(19)22/h3-6,9-10H,1-2,7-8,11H2,(H2,19,22). The first-order valence-corrected chi connectivity index (χ1v) is 7.56. The molecule has 1 aromatic carbocycles. The monoisotopic (exact) mass is 315 g/mol. The molecule has 120 valence electrons. The lowest BCUT2D eigenvalue weighted by Crippen LogP contribution is -2.18. The quantitative estimate of drug-likeness (QED) is 0.921. The Bertz CT molecular complexity index is 697. The number of halogens is 1. The second-order valence-corrected chi connectivity index (χ2v) is 5.60. The number of hydrogen-bond acceptors (Lipinski definition) is 4. The maximum Gasteiger partial charge on any atom is 0.250 e. The average Bonchev–Trinajstić information content (AvgIpc) is 3.03. The van der Waals surface area contributed by atoms with Crippen LogP contribution in [0.4, 0.5) is 4.39 Å². The van der Waals surface area contributed by atoms with E-state index in [1.54, 1.807) is 6.07 Å². The van der Waals surface area contributed by atoms with Crippen molar-refractivity contribution in [3.05, 3.63) is 53.5 Å². The van der Waals surface area contributed by atoms with Gasteiger partial charge in [0.25, 0.3) is 0 Å². The SMILES string of the molecule is NC(=O)c1ccc(Oc2ccc(CN3CCCC3)cc2F)nc1. The summed E-state index contributed by atoms with van der Waals surface area (Å²) in [4.78, 5) is 17.2. The predicted octanol–water partition coefficient (Wildman–Crippen LogP) is 2.71. The molecule has 3 rings (SSSR count). The van der Waals surface area contributed by atoms with Crippen LogP contribution < -0.4 is 10.5 Å². The molecule has 0 spiro atoms. The lowest BCUT2D eigenvalue weighted by atomic mass is 10.2. The van der Waals surface area contributed by atoms with Crippen molar-refractivity contribution in [1.29, 1.82) is 0 Å². The molecular weight excluding hydrogens is 297 g/mol. The van der Waals surface area contributed by atoms with Crippen molar-refractivity contribution in [3.63, 3.8) is 0 Å². The Morgan fingerprint density at radius 2 is 2.04 bits per heavy atom. The molecule has 2 heterocycles. The Labute approximate surface area is 133 Å². The highest BCUT2D eigenvalue weighted by Gasteiger charge is 2.13. The van der Waals surface area contributed by atoms with Gasteiger partial charge in [0.2, 0.25) is 11.8 Å². The number of amides is 1. The lowest BCUT2D eigenvalue weighted by Gasteiger charge is -2.15. The van der Waals surface area contributed by atoms with Crippen molar-refractivity contribution >= 4 is 5.91 Å².